The van der Waals surface area contributed by atoms with Crippen LogP contribution in [-0.4, -0.2) is 31.7 Å². The first kappa shape index (κ1) is 26.5. The SMILES string of the molecule is CCCCCCCCCCOc1ccc(C2CCC3OC(CCCCCC)OCC3O2)cc1. The van der Waals surface area contributed by atoms with Crippen molar-refractivity contribution in [1.82, 2.24) is 0 Å². The maximum Gasteiger partial charge on any atom is 0.158 e. The summed E-state index contributed by atoms with van der Waals surface area (Å²) in [6.45, 7) is 5.98. The first-order valence-electron chi connectivity index (χ1n) is 14.0. The third kappa shape index (κ3) is 9.58. The molecule has 0 amide bonds. The molecule has 188 valence electrons. The van der Waals surface area contributed by atoms with Crippen LogP contribution in [0.25, 0.3) is 0 Å². The van der Waals surface area contributed by atoms with Crippen LogP contribution in [0.2, 0.25) is 0 Å². The Morgan fingerprint density at radius 1 is 0.727 bits per heavy atom. The average Bonchev–Trinajstić information content (AvgIpc) is 2.85. The van der Waals surface area contributed by atoms with Gasteiger partial charge in [-0.25, -0.2) is 0 Å². The predicted molar refractivity (Wildman–Crippen MR) is 135 cm³/mol. The Morgan fingerprint density at radius 2 is 1.39 bits per heavy atom. The van der Waals surface area contributed by atoms with Crippen molar-refractivity contribution >= 4 is 0 Å². The molecule has 0 N–H and O–H groups in total. The van der Waals surface area contributed by atoms with Crippen LogP contribution < -0.4 is 4.74 Å². The van der Waals surface area contributed by atoms with Crippen molar-refractivity contribution < 1.29 is 18.9 Å². The highest BCUT2D eigenvalue weighted by molar-refractivity contribution is 5.29. The Kier molecular flexibility index (Phi) is 12.6. The number of unbranched alkanes of at least 4 members (excludes halogenated alkanes) is 10. The highest BCUT2D eigenvalue weighted by Crippen LogP contribution is 2.36. The summed E-state index contributed by atoms with van der Waals surface area (Å²) in [5.74, 6) is 0.964. The first-order chi connectivity index (χ1) is 16.3. The van der Waals surface area contributed by atoms with Gasteiger partial charge in [0.2, 0.25) is 0 Å². The van der Waals surface area contributed by atoms with Crippen LogP contribution in [0.1, 0.15) is 122 Å². The molecular formula is C29H48O4. The normalized spacial score (nSPS) is 25.0. The van der Waals surface area contributed by atoms with Crippen molar-refractivity contribution in [3.63, 3.8) is 0 Å². The summed E-state index contributed by atoms with van der Waals surface area (Å²) in [5.41, 5.74) is 1.23. The van der Waals surface area contributed by atoms with Crippen LogP contribution in [0.5, 0.6) is 5.75 Å². The molecule has 0 aromatic heterocycles. The number of ether oxygens (including phenoxy) is 4. The van der Waals surface area contributed by atoms with Crippen molar-refractivity contribution in [2.75, 3.05) is 13.2 Å². The molecule has 4 heteroatoms. The van der Waals surface area contributed by atoms with Crippen LogP contribution in [0.3, 0.4) is 0 Å². The highest BCUT2D eigenvalue weighted by atomic mass is 16.7. The fourth-order valence-corrected chi connectivity index (χ4v) is 4.95. The van der Waals surface area contributed by atoms with Crippen LogP contribution in [0, 0.1) is 0 Å². The summed E-state index contributed by atoms with van der Waals surface area (Å²) in [5, 5.41) is 0. The van der Waals surface area contributed by atoms with Gasteiger partial charge in [0.05, 0.1) is 25.4 Å². The Balaban J connectivity index is 1.30. The maximum atomic E-state index is 6.38. The lowest BCUT2D eigenvalue weighted by molar-refractivity contribution is -0.286. The van der Waals surface area contributed by atoms with Gasteiger partial charge in [-0.3, -0.25) is 0 Å². The number of rotatable bonds is 16. The molecule has 4 unspecified atom stereocenters. The molecule has 0 radical (unpaired) electrons. The monoisotopic (exact) mass is 460 g/mol. The number of hydrogen-bond acceptors (Lipinski definition) is 4. The van der Waals surface area contributed by atoms with E-state index >= 15 is 0 Å². The number of hydrogen-bond donors (Lipinski definition) is 0. The molecule has 3 rings (SSSR count). The van der Waals surface area contributed by atoms with Gasteiger partial charge in [-0.2, -0.15) is 0 Å². The summed E-state index contributed by atoms with van der Waals surface area (Å²) in [6, 6.07) is 8.51. The highest BCUT2D eigenvalue weighted by Gasteiger charge is 2.38. The molecular weight excluding hydrogens is 412 g/mol. The van der Waals surface area contributed by atoms with Crippen LogP contribution >= 0.6 is 0 Å². The van der Waals surface area contributed by atoms with E-state index in [1.165, 1.54) is 76.2 Å². The molecule has 0 bridgehead atoms. The zero-order valence-electron chi connectivity index (χ0n) is 21.3. The molecule has 4 nitrogen and oxygen atoms in total. The minimum Gasteiger partial charge on any atom is -0.494 e. The van der Waals surface area contributed by atoms with Gasteiger partial charge in [-0.1, -0.05) is 90.2 Å². The largest absolute Gasteiger partial charge is 0.494 e. The van der Waals surface area contributed by atoms with Gasteiger partial charge in [0.1, 0.15) is 11.9 Å². The molecule has 0 saturated carbocycles. The molecule has 33 heavy (non-hydrogen) atoms. The lowest BCUT2D eigenvalue weighted by atomic mass is 9.96. The molecule has 1 aromatic rings. The predicted octanol–water partition coefficient (Wildman–Crippen LogP) is 8.14. The zero-order chi connectivity index (χ0) is 23.1. The van der Waals surface area contributed by atoms with Gasteiger partial charge in [0.15, 0.2) is 6.29 Å². The summed E-state index contributed by atoms with van der Waals surface area (Å²) in [4.78, 5) is 0. The summed E-state index contributed by atoms with van der Waals surface area (Å²) in [6.07, 6.45) is 19.0. The van der Waals surface area contributed by atoms with Gasteiger partial charge < -0.3 is 18.9 Å². The van der Waals surface area contributed by atoms with E-state index in [1.807, 2.05) is 0 Å². The minimum atomic E-state index is -0.0410. The van der Waals surface area contributed by atoms with E-state index in [2.05, 4.69) is 38.1 Å². The van der Waals surface area contributed by atoms with E-state index in [4.69, 9.17) is 18.9 Å². The van der Waals surface area contributed by atoms with E-state index < -0.39 is 0 Å². The molecule has 2 saturated heterocycles. The standard InChI is InChI=1S/C29H48O4/c1-3-5-7-9-10-11-12-14-22-30-25-18-16-24(17-19-25)26-20-21-27-28(32-26)23-31-29(33-27)15-13-8-6-4-2/h16-19,26-29H,3-15,20-23H2,1-2H3. The lowest BCUT2D eigenvalue weighted by Gasteiger charge is -2.42. The molecule has 2 fully saturated rings. The van der Waals surface area contributed by atoms with Crippen LogP contribution in [0.4, 0.5) is 0 Å². The van der Waals surface area contributed by atoms with Gasteiger partial charge >= 0.3 is 0 Å². The fourth-order valence-electron chi connectivity index (χ4n) is 4.95. The molecule has 4 atom stereocenters. The van der Waals surface area contributed by atoms with Crippen LogP contribution in [0.15, 0.2) is 24.3 Å². The van der Waals surface area contributed by atoms with E-state index in [1.54, 1.807) is 0 Å². The number of benzene rings is 1. The second kappa shape index (κ2) is 15.7. The van der Waals surface area contributed by atoms with Crippen molar-refractivity contribution in [2.45, 2.75) is 135 Å². The third-order valence-corrected chi connectivity index (χ3v) is 7.05. The second-order valence-corrected chi connectivity index (χ2v) is 9.92. The van der Waals surface area contributed by atoms with Crippen molar-refractivity contribution in [3.8, 4) is 5.75 Å². The quantitative estimate of drug-likeness (QED) is 0.233. The summed E-state index contributed by atoms with van der Waals surface area (Å²) in [7, 11) is 0. The summed E-state index contributed by atoms with van der Waals surface area (Å²) < 4.78 is 24.5. The minimum absolute atomic E-state index is 0.0410. The smallest absolute Gasteiger partial charge is 0.158 e. The summed E-state index contributed by atoms with van der Waals surface area (Å²) >= 11 is 0. The van der Waals surface area contributed by atoms with Gasteiger partial charge in [-0.05, 0) is 49.8 Å². The molecule has 2 heterocycles. The molecule has 1 aromatic carbocycles. The van der Waals surface area contributed by atoms with Crippen molar-refractivity contribution in [1.29, 1.82) is 0 Å². The Bertz CT molecular complexity index is 617. The van der Waals surface area contributed by atoms with Crippen LogP contribution in [-0.2, 0) is 14.2 Å². The first-order valence-corrected chi connectivity index (χ1v) is 14.0. The maximum absolute atomic E-state index is 6.38. The van der Waals surface area contributed by atoms with Gasteiger partial charge in [-0.15, -0.1) is 0 Å². The second-order valence-electron chi connectivity index (χ2n) is 9.92. The third-order valence-electron chi connectivity index (χ3n) is 7.05. The molecule has 0 spiro atoms. The van der Waals surface area contributed by atoms with Crippen molar-refractivity contribution in [2.24, 2.45) is 0 Å². The van der Waals surface area contributed by atoms with E-state index in [-0.39, 0.29) is 24.6 Å². The zero-order valence-corrected chi connectivity index (χ0v) is 21.3. The van der Waals surface area contributed by atoms with E-state index in [9.17, 15) is 0 Å². The molecule has 0 aliphatic carbocycles. The Morgan fingerprint density at radius 3 is 2.12 bits per heavy atom. The number of fused-ring (bicyclic) bond motifs is 1. The molecule has 2 aliphatic rings. The average molecular weight is 461 g/mol. The Labute approximate surface area is 202 Å². The fraction of sp³-hybridized carbons (Fsp3) is 0.793. The van der Waals surface area contributed by atoms with E-state index in [0.29, 0.717) is 6.61 Å². The van der Waals surface area contributed by atoms with Gasteiger partial charge in [0, 0.05) is 0 Å². The van der Waals surface area contributed by atoms with E-state index in [0.717, 1.165) is 38.0 Å². The topological polar surface area (TPSA) is 36.9 Å². The van der Waals surface area contributed by atoms with Crippen molar-refractivity contribution in [3.05, 3.63) is 29.8 Å². The lowest BCUT2D eigenvalue weighted by Crippen LogP contribution is -2.48. The van der Waals surface area contributed by atoms with Gasteiger partial charge in [0.25, 0.3) is 0 Å². The Hall–Kier alpha value is -1.10. The molecule has 2 aliphatic heterocycles.